The zero-order valence-corrected chi connectivity index (χ0v) is 13.5. The Kier molecular flexibility index (Phi) is 7.15. The molecule has 0 radical (unpaired) electrons. The number of nitrogens with one attached hydrogen (secondary N) is 1. The van der Waals surface area contributed by atoms with Gasteiger partial charge in [-0.1, -0.05) is 20.8 Å². The van der Waals surface area contributed by atoms with E-state index in [1.54, 1.807) is 0 Å². The number of ether oxygens (including phenoxy) is 1. The van der Waals surface area contributed by atoms with E-state index in [0.717, 1.165) is 25.9 Å². The van der Waals surface area contributed by atoms with Gasteiger partial charge in [-0.25, -0.2) is 0 Å². The van der Waals surface area contributed by atoms with Gasteiger partial charge in [0.1, 0.15) is 0 Å². The van der Waals surface area contributed by atoms with E-state index in [4.69, 9.17) is 9.84 Å². The molecule has 1 heterocycles. The monoisotopic (exact) mass is 299 g/mol. The normalized spacial score (nSPS) is 20.2. The second kappa shape index (κ2) is 8.37. The molecule has 0 aliphatic carbocycles. The summed E-state index contributed by atoms with van der Waals surface area (Å²) in [6.07, 6.45) is 4.18. The topological polar surface area (TPSA) is 75.6 Å². The molecule has 0 aromatic carbocycles. The molecule has 1 aliphatic rings. The maximum absolute atomic E-state index is 11.8. The summed E-state index contributed by atoms with van der Waals surface area (Å²) in [5.74, 6) is -0.434. The van der Waals surface area contributed by atoms with E-state index < -0.39 is 5.97 Å². The van der Waals surface area contributed by atoms with Crippen molar-refractivity contribution in [2.45, 2.75) is 65.4 Å². The maximum atomic E-state index is 11.8. The van der Waals surface area contributed by atoms with Gasteiger partial charge < -0.3 is 15.2 Å². The molecule has 5 nitrogen and oxygen atoms in total. The highest BCUT2D eigenvalue weighted by Crippen LogP contribution is 2.32. The molecule has 1 aliphatic heterocycles. The van der Waals surface area contributed by atoms with Gasteiger partial charge >= 0.3 is 5.97 Å². The number of hydrogen-bond acceptors (Lipinski definition) is 3. The lowest BCUT2D eigenvalue weighted by atomic mass is 9.76. The summed E-state index contributed by atoms with van der Waals surface area (Å²) in [7, 11) is 0. The molecule has 0 bridgehead atoms. The van der Waals surface area contributed by atoms with Crippen molar-refractivity contribution < 1.29 is 19.4 Å². The molecular weight excluding hydrogens is 270 g/mol. The van der Waals surface area contributed by atoms with Crippen LogP contribution in [0.25, 0.3) is 0 Å². The van der Waals surface area contributed by atoms with Crippen LogP contribution in [0.1, 0.15) is 59.3 Å². The number of carboxylic acid groups (broad SMARTS) is 1. The van der Waals surface area contributed by atoms with E-state index in [9.17, 15) is 9.59 Å². The van der Waals surface area contributed by atoms with E-state index >= 15 is 0 Å². The molecule has 0 spiro atoms. The third-order valence-corrected chi connectivity index (χ3v) is 4.18. The summed E-state index contributed by atoms with van der Waals surface area (Å²) in [5.41, 5.74) is 0.0503. The molecule has 2 atom stereocenters. The molecule has 0 saturated carbocycles. The number of hydrogen-bond donors (Lipinski definition) is 2. The summed E-state index contributed by atoms with van der Waals surface area (Å²) >= 11 is 0. The zero-order chi connectivity index (χ0) is 15.9. The van der Waals surface area contributed by atoms with Gasteiger partial charge in [-0.3, -0.25) is 9.59 Å². The fourth-order valence-corrected chi connectivity index (χ4v) is 2.78. The fourth-order valence-electron chi connectivity index (χ4n) is 2.78. The second-order valence-electron chi connectivity index (χ2n) is 6.97. The molecule has 2 N–H and O–H groups in total. The van der Waals surface area contributed by atoms with Crippen LogP contribution < -0.4 is 5.32 Å². The first-order valence-electron chi connectivity index (χ1n) is 7.89. The summed E-state index contributed by atoms with van der Waals surface area (Å²) in [5, 5.41) is 11.8. The van der Waals surface area contributed by atoms with E-state index in [1.807, 2.05) is 0 Å². The van der Waals surface area contributed by atoms with Crippen LogP contribution in [0.4, 0.5) is 0 Å². The Morgan fingerprint density at radius 3 is 2.57 bits per heavy atom. The number of carbonyl (C=O) groups is 2. The number of rotatable bonds is 8. The van der Waals surface area contributed by atoms with Gasteiger partial charge in [0.15, 0.2) is 0 Å². The number of aliphatic carboxylic acids is 1. The van der Waals surface area contributed by atoms with Crippen LogP contribution >= 0.6 is 0 Å². The van der Waals surface area contributed by atoms with Crippen molar-refractivity contribution in [3.05, 3.63) is 0 Å². The maximum Gasteiger partial charge on any atom is 0.303 e. The van der Waals surface area contributed by atoms with Gasteiger partial charge in [-0.2, -0.15) is 0 Å². The summed E-state index contributed by atoms with van der Waals surface area (Å²) in [4.78, 5) is 22.5. The first-order valence-corrected chi connectivity index (χ1v) is 7.89. The molecule has 1 amide bonds. The Balaban J connectivity index is 2.28. The van der Waals surface area contributed by atoms with Crippen molar-refractivity contribution in [1.29, 1.82) is 0 Å². The molecule has 122 valence electrons. The van der Waals surface area contributed by atoms with Crippen LogP contribution in [0.5, 0.6) is 0 Å². The molecule has 0 aromatic rings. The first kappa shape index (κ1) is 18.0. The summed E-state index contributed by atoms with van der Waals surface area (Å²) in [6, 6.07) is 0. The lowest BCUT2D eigenvalue weighted by molar-refractivity contribution is -0.137. The van der Waals surface area contributed by atoms with Gasteiger partial charge in [-0.15, -0.1) is 0 Å². The molecule has 1 fully saturated rings. The van der Waals surface area contributed by atoms with E-state index in [-0.39, 0.29) is 29.8 Å². The van der Waals surface area contributed by atoms with Gasteiger partial charge in [0.2, 0.25) is 5.91 Å². The zero-order valence-electron chi connectivity index (χ0n) is 13.5. The first-order chi connectivity index (χ1) is 9.79. The van der Waals surface area contributed by atoms with Crippen molar-refractivity contribution in [2.75, 3.05) is 13.2 Å². The minimum Gasteiger partial charge on any atom is -0.481 e. The highest BCUT2D eigenvalue weighted by molar-refractivity contribution is 5.76. The summed E-state index contributed by atoms with van der Waals surface area (Å²) < 4.78 is 5.44. The van der Waals surface area contributed by atoms with E-state index in [0.29, 0.717) is 19.4 Å². The standard InChI is InChI=1S/C16H29NO4/c1-16(2,3)12(6-7-15(19)20)8-9-17-14(18)11-13-5-4-10-21-13/h12-13H,4-11H2,1-3H3,(H,17,18)(H,19,20). The Morgan fingerprint density at radius 2 is 2.05 bits per heavy atom. The van der Waals surface area contributed by atoms with Crippen LogP contribution in [0.15, 0.2) is 0 Å². The SMILES string of the molecule is CC(C)(C)C(CCNC(=O)CC1CCCO1)CCC(=O)O. The van der Waals surface area contributed by atoms with E-state index in [2.05, 4.69) is 26.1 Å². The van der Waals surface area contributed by atoms with Crippen molar-refractivity contribution in [1.82, 2.24) is 5.32 Å². The lowest BCUT2D eigenvalue weighted by Crippen LogP contribution is -2.31. The Morgan fingerprint density at radius 1 is 1.33 bits per heavy atom. The smallest absolute Gasteiger partial charge is 0.303 e. The summed E-state index contributed by atoms with van der Waals surface area (Å²) in [6.45, 7) is 7.72. The molecular formula is C16H29NO4. The molecule has 2 unspecified atom stereocenters. The largest absolute Gasteiger partial charge is 0.481 e. The van der Waals surface area contributed by atoms with Crippen molar-refractivity contribution >= 4 is 11.9 Å². The van der Waals surface area contributed by atoms with Gasteiger partial charge in [0, 0.05) is 19.6 Å². The highest BCUT2D eigenvalue weighted by atomic mass is 16.5. The van der Waals surface area contributed by atoms with E-state index in [1.165, 1.54) is 0 Å². The average molecular weight is 299 g/mol. The number of carbonyl (C=O) groups excluding carboxylic acids is 1. The quantitative estimate of drug-likeness (QED) is 0.722. The fraction of sp³-hybridized carbons (Fsp3) is 0.875. The predicted octanol–water partition coefficient (Wildman–Crippen LogP) is 2.59. The lowest BCUT2D eigenvalue weighted by Gasteiger charge is -2.30. The van der Waals surface area contributed by atoms with Gasteiger partial charge in [0.25, 0.3) is 0 Å². The van der Waals surface area contributed by atoms with Crippen LogP contribution in [0, 0.1) is 11.3 Å². The second-order valence-corrected chi connectivity index (χ2v) is 6.97. The molecule has 1 rings (SSSR count). The van der Waals surface area contributed by atoms with Gasteiger partial charge in [-0.05, 0) is 37.0 Å². The van der Waals surface area contributed by atoms with Crippen molar-refractivity contribution in [3.8, 4) is 0 Å². The molecule has 1 saturated heterocycles. The van der Waals surface area contributed by atoms with Crippen LogP contribution in [-0.4, -0.2) is 36.2 Å². The van der Waals surface area contributed by atoms with Gasteiger partial charge in [0.05, 0.1) is 12.5 Å². The van der Waals surface area contributed by atoms with Crippen LogP contribution in [0.2, 0.25) is 0 Å². The number of amides is 1. The Labute approximate surface area is 127 Å². The Hall–Kier alpha value is -1.10. The van der Waals surface area contributed by atoms with Crippen molar-refractivity contribution in [2.24, 2.45) is 11.3 Å². The average Bonchev–Trinajstić information content (AvgIpc) is 2.84. The third-order valence-electron chi connectivity index (χ3n) is 4.18. The molecule has 21 heavy (non-hydrogen) atoms. The molecule has 0 aromatic heterocycles. The Bertz CT molecular complexity index is 343. The van der Waals surface area contributed by atoms with Crippen molar-refractivity contribution in [3.63, 3.8) is 0 Å². The minimum absolute atomic E-state index is 0.0350. The number of carboxylic acids is 1. The molecule has 5 heteroatoms. The van der Waals surface area contributed by atoms with Crippen LogP contribution in [0.3, 0.4) is 0 Å². The predicted molar refractivity (Wildman–Crippen MR) is 81.0 cm³/mol. The van der Waals surface area contributed by atoms with Crippen LogP contribution in [-0.2, 0) is 14.3 Å². The third kappa shape index (κ3) is 7.46. The highest BCUT2D eigenvalue weighted by Gasteiger charge is 2.25. The minimum atomic E-state index is -0.758.